The third-order valence-electron chi connectivity index (χ3n) is 3.13. The highest BCUT2D eigenvalue weighted by Gasteiger charge is 2.17. The number of hydrogen-bond acceptors (Lipinski definition) is 2. The SMILES string of the molecule is CC(C)CCCCNC1CCOC(C)C1. The van der Waals surface area contributed by atoms with Crippen molar-refractivity contribution in [2.75, 3.05) is 13.2 Å². The van der Waals surface area contributed by atoms with Gasteiger partial charge in [-0.25, -0.2) is 0 Å². The molecule has 90 valence electrons. The second-order valence-corrected chi connectivity index (χ2v) is 5.25. The van der Waals surface area contributed by atoms with Crippen molar-refractivity contribution in [3.8, 4) is 0 Å². The van der Waals surface area contributed by atoms with Crippen LogP contribution in [0.1, 0.15) is 52.9 Å². The van der Waals surface area contributed by atoms with Crippen LogP contribution >= 0.6 is 0 Å². The van der Waals surface area contributed by atoms with Crippen LogP contribution in [0, 0.1) is 5.92 Å². The molecule has 2 unspecified atom stereocenters. The maximum absolute atomic E-state index is 5.53. The van der Waals surface area contributed by atoms with Crippen LogP contribution in [0.2, 0.25) is 0 Å². The fourth-order valence-corrected chi connectivity index (χ4v) is 2.17. The van der Waals surface area contributed by atoms with E-state index in [0.29, 0.717) is 12.1 Å². The van der Waals surface area contributed by atoms with Gasteiger partial charge < -0.3 is 10.1 Å². The Kier molecular flexibility index (Phi) is 6.26. The van der Waals surface area contributed by atoms with Gasteiger partial charge in [0.15, 0.2) is 0 Å². The molecule has 0 aromatic carbocycles. The first-order valence-corrected chi connectivity index (χ1v) is 6.53. The largest absolute Gasteiger partial charge is 0.378 e. The predicted molar refractivity (Wildman–Crippen MR) is 65.1 cm³/mol. The molecule has 0 aromatic rings. The molecule has 0 saturated carbocycles. The van der Waals surface area contributed by atoms with E-state index in [1.54, 1.807) is 0 Å². The first-order valence-electron chi connectivity index (χ1n) is 6.53. The van der Waals surface area contributed by atoms with Gasteiger partial charge in [-0.05, 0) is 38.6 Å². The Hall–Kier alpha value is -0.0800. The maximum atomic E-state index is 5.53. The van der Waals surface area contributed by atoms with Crippen LogP contribution in [-0.2, 0) is 4.74 Å². The molecule has 2 heteroatoms. The molecule has 0 radical (unpaired) electrons. The average Bonchev–Trinajstić information content (AvgIpc) is 2.17. The zero-order chi connectivity index (χ0) is 11.1. The van der Waals surface area contributed by atoms with Crippen molar-refractivity contribution in [2.45, 2.75) is 65.0 Å². The van der Waals surface area contributed by atoms with Gasteiger partial charge in [-0.2, -0.15) is 0 Å². The summed E-state index contributed by atoms with van der Waals surface area (Å²) in [6.07, 6.45) is 6.88. The van der Waals surface area contributed by atoms with Gasteiger partial charge in [-0.3, -0.25) is 0 Å². The zero-order valence-corrected chi connectivity index (χ0v) is 10.6. The van der Waals surface area contributed by atoms with Crippen molar-refractivity contribution < 1.29 is 4.74 Å². The van der Waals surface area contributed by atoms with Crippen molar-refractivity contribution in [1.82, 2.24) is 5.32 Å². The Morgan fingerprint density at radius 3 is 2.80 bits per heavy atom. The Bertz CT molecular complexity index is 159. The summed E-state index contributed by atoms with van der Waals surface area (Å²) in [5, 5.41) is 3.65. The normalized spacial score (nSPS) is 27.2. The molecule has 0 bridgehead atoms. The molecular formula is C13H27NO. The Morgan fingerprint density at radius 1 is 1.33 bits per heavy atom. The summed E-state index contributed by atoms with van der Waals surface area (Å²) in [6, 6.07) is 0.702. The van der Waals surface area contributed by atoms with Gasteiger partial charge in [-0.15, -0.1) is 0 Å². The number of ether oxygens (including phenoxy) is 1. The van der Waals surface area contributed by atoms with Gasteiger partial charge >= 0.3 is 0 Å². The summed E-state index contributed by atoms with van der Waals surface area (Å²) in [5.74, 6) is 0.855. The summed E-state index contributed by atoms with van der Waals surface area (Å²) in [7, 11) is 0. The molecule has 2 nitrogen and oxygen atoms in total. The molecule has 1 rings (SSSR count). The third kappa shape index (κ3) is 6.16. The van der Waals surface area contributed by atoms with Gasteiger partial charge in [0.05, 0.1) is 6.10 Å². The van der Waals surface area contributed by atoms with Gasteiger partial charge in [0.25, 0.3) is 0 Å². The lowest BCUT2D eigenvalue weighted by Crippen LogP contribution is -2.38. The molecule has 15 heavy (non-hydrogen) atoms. The quantitative estimate of drug-likeness (QED) is 0.685. The van der Waals surface area contributed by atoms with Crippen LogP contribution < -0.4 is 5.32 Å². The van der Waals surface area contributed by atoms with Crippen LogP contribution in [0.25, 0.3) is 0 Å². The fraction of sp³-hybridized carbons (Fsp3) is 1.00. The van der Waals surface area contributed by atoms with E-state index < -0.39 is 0 Å². The summed E-state index contributed by atoms with van der Waals surface area (Å²) >= 11 is 0. The van der Waals surface area contributed by atoms with Gasteiger partial charge in [0.2, 0.25) is 0 Å². The number of unbranched alkanes of at least 4 members (excludes halogenated alkanes) is 1. The van der Waals surface area contributed by atoms with E-state index in [0.717, 1.165) is 12.5 Å². The van der Waals surface area contributed by atoms with Gasteiger partial charge in [0, 0.05) is 12.6 Å². The first kappa shape index (κ1) is 13.0. The molecular weight excluding hydrogens is 186 g/mol. The van der Waals surface area contributed by atoms with E-state index in [2.05, 4.69) is 26.1 Å². The summed E-state index contributed by atoms with van der Waals surface area (Å²) < 4.78 is 5.53. The van der Waals surface area contributed by atoms with Crippen molar-refractivity contribution >= 4 is 0 Å². The third-order valence-corrected chi connectivity index (χ3v) is 3.13. The van der Waals surface area contributed by atoms with Gasteiger partial charge in [-0.1, -0.05) is 26.7 Å². The number of rotatable bonds is 6. The van der Waals surface area contributed by atoms with Crippen LogP contribution in [0.15, 0.2) is 0 Å². The molecule has 0 spiro atoms. The molecule has 1 saturated heterocycles. The van der Waals surface area contributed by atoms with Crippen molar-refractivity contribution in [3.63, 3.8) is 0 Å². The van der Waals surface area contributed by atoms with Crippen LogP contribution in [-0.4, -0.2) is 25.3 Å². The summed E-state index contributed by atoms with van der Waals surface area (Å²) in [4.78, 5) is 0. The molecule has 1 aliphatic heterocycles. The number of nitrogens with one attached hydrogen (secondary N) is 1. The Balaban J connectivity index is 1.95. The molecule has 2 atom stereocenters. The molecule has 0 aliphatic carbocycles. The maximum Gasteiger partial charge on any atom is 0.0561 e. The second-order valence-electron chi connectivity index (χ2n) is 5.25. The average molecular weight is 213 g/mol. The van der Waals surface area contributed by atoms with E-state index in [4.69, 9.17) is 4.74 Å². The van der Waals surface area contributed by atoms with Crippen LogP contribution in [0.5, 0.6) is 0 Å². The molecule has 0 aromatic heterocycles. The van der Waals surface area contributed by atoms with E-state index in [1.807, 2.05) is 0 Å². The topological polar surface area (TPSA) is 21.3 Å². The standard InChI is InChI=1S/C13H27NO/c1-11(2)6-4-5-8-14-13-7-9-15-12(3)10-13/h11-14H,4-10H2,1-3H3. The van der Waals surface area contributed by atoms with E-state index in [9.17, 15) is 0 Å². The highest BCUT2D eigenvalue weighted by atomic mass is 16.5. The van der Waals surface area contributed by atoms with Crippen molar-refractivity contribution in [1.29, 1.82) is 0 Å². The lowest BCUT2D eigenvalue weighted by atomic mass is 10.0. The second kappa shape index (κ2) is 7.24. The van der Waals surface area contributed by atoms with Crippen molar-refractivity contribution in [2.24, 2.45) is 5.92 Å². The molecule has 1 heterocycles. The predicted octanol–water partition coefficient (Wildman–Crippen LogP) is 2.97. The van der Waals surface area contributed by atoms with Crippen LogP contribution in [0.3, 0.4) is 0 Å². The molecule has 1 fully saturated rings. The van der Waals surface area contributed by atoms with Gasteiger partial charge in [0.1, 0.15) is 0 Å². The smallest absolute Gasteiger partial charge is 0.0561 e. The minimum absolute atomic E-state index is 0.451. The highest BCUT2D eigenvalue weighted by Crippen LogP contribution is 2.13. The van der Waals surface area contributed by atoms with E-state index in [-0.39, 0.29) is 0 Å². The minimum atomic E-state index is 0.451. The summed E-state index contributed by atoms with van der Waals surface area (Å²) in [5.41, 5.74) is 0. The minimum Gasteiger partial charge on any atom is -0.378 e. The Morgan fingerprint density at radius 2 is 2.13 bits per heavy atom. The summed E-state index contributed by atoms with van der Waals surface area (Å²) in [6.45, 7) is 8.89. The van der Waals surface area contributed by atoms with E-state index in [1.165, 1.54) is 38.6 Å². The molecule has 0 amide bonds. The van der Waals surface area contributed by atoms with Crippen molar-refractivity contribution in [3.05, 3.63) is 0 Å². The Labute approximate surface area is 94.8 Å². The molecule has 1 aliphatic rings. The number of hydrogen-bond donors (Lipinski definition) is 1. The first-order chi connectivity index (χ1) is 7.18. The zero-order valence-electron chi connectivity index (χ0n) is 10.6. The fourth-order valence-electron chi connectivity index (χ4n) is 2.17. The monoisotopic (exact) mass is 213 g/mol. The lowest BCUT2D eigenvalue weighted by molar-refractivity contribution is 0.0134. The van der Waals surface area contributed by atoms with Crippen LogP contribution in [0.4, 0.5) is 0 Å². The highest BCUT2D eigenvalue weighted by molar-refractivity contribution is 4.74. The van der Waals surface area contributed by atoms with E-state index >= 15 is 0 Å². The molecule has 1 N–H and O–H groups in total. The lowest BCUT2D eigenvalue weighted by Gasteiger charge is -2.28.